The number of benzene rings is 1. The number of esters is 1. The number of nitrogens with zero attached hydrogens (tertiary/aromatic N) is 2. The topological polar surface area (TPSA) is 89.7 Å². The number of nitriles is 2. The molecule has 0 radical (unpaired) electrons. The van der Waals surface area contributed by atoms with Crippen molar-refractivity contribution in [3.8, 4) is 12.1 Å². The van der Waals surface area contributed by atoms with Crippen molar-refractivity contribution >= 4 is 16.9 Å². The second-order valence-electron chi connectivity index (χ2n) is 4.41. The molecule has 5 nitrogen and oxygen atoms in total. The lowest BCUT2D eigenvalue weighted by Crippen LogP contribution is -2.35. The van der Waals surface area contributed by atoms with Gasteiger partial charge in [-0.1, -0.05) is 18.2 Å². The molecule has 2 rings (SSSR count). The summed E-state index contributed by atoms with van der Waals surface area (Å²) < 4.78 is 4.79. The smallest absolute Gasteiger partial charge is 0.330 e. The molecule has 0 saturated carbocycles. The summed E-state index contributed by atoms with van der Waals surface area (Å²) in [5, 5.41) is 19.1. The van der Waals surface area contributed by atoms with E-state index in [1.807, 2.05) is 36.4 Å². The highest BCUT2D eigenvalue weighted by atomic mass is 16.5. The molecule has 0 bridgehead atoms. The average molecular weight is 267 g/mol. The van der Waals surface area contributed by atoms with Crippen LogP contribution in [-0.4, -0.2) is 18.1 Å². The molecule has 1 unspecified atom stereocenters. The van der Waals surface area contributed by atoms with E-state index >= 15 is 0 Å². The minimum Gasteiger partial charge on any atom is -0.468 e. The maximum Gasteiger partial charge on any atom is 0.330 e. The monoisotopic (exact) mass is 267 g/mol. The predicted octanol–water partition coefficient (Wildman–Crippen LogP) is 2.41. The summed E-state index contributed by atoms with van der Waals surface area (Å²) in [6.45, 7) is 0. The van der Waals surface area contributed by atoms with Crippen molar-refractivity contribution < 1.29 is 9.53 Å². The summed E-state index contributed by atoms with van der Waals surface area (Å²) in [6.07, 6.45) is 1.85. The van der Waals surface area contributed by atoms with E-state index in [2.05, 4.69) is 4.98 Å². The van der Waals surface area contributed by atoms with Crippen LogP contribution in [0.15, 0.2) is 30.5 Å². The zero-order chi connectivity index (χ0) is 14.6. The number of ether oxygens (including phenoxy) is 1. The van der Waals surface area contributed by atoms with Crippen LogP contribution in [0.25, 0.3) is 10.9 Å². The minimum absolute atomic E-state index is 0.0994. The van der Waals surface area contributed by atoms with Crippen LogP contribution in [0.4, 0.5) is 0 Å². The zero-order valence-electron chi connectivity index (χ0n) is 11.0. The first kappa shape index (κ1) is 13.6. The minimum atomic E-state index is -1.45. The summed E-state index contributed by atoms with van der Waals surface area (Å²) in [7, 11) is 1.25. The average Bonchev–Trinajstić information content (AvgIpc) is 2.93. The molecule has 2 aromatic rings. The number of H-pyrrole nitrogens is 1. The fraction of sp³-hybridized carbons (Fsp3) is 0.267. The number of hydrogen-bond donors (Lipinski definition) is 1. The van der Waals surface area contributed by atoms with E-state index in [1.165, 1.54) is 7.11 Å². The largest absolute Gasteiger partial charge is 0.468 e. The Morgan fingerprint density at radius 1 is 1.40 bits per heavy atom. The Hall–Kier alpha value is -2.79. The molecule has 1 aromatic carbocycles. The number of aromatic amines is 1. The summed E-state index contributed by atoms with van der Waals surface area (Å²) in [4.78, 5) is 15.2. The van der Waals surface area contributed by atoms with Crippen LogP contribution in [-0.2, 0) is 14.9 Å². The lowest BCUT2D eigenvalue weighted by atomic mass is 9.78. The van der Waals surface area contributed by atoms with Crippen LogP contribution in [0.1, 0.15) is 18.4 Å². The summed E-state index contributed by atoms with van der Waals surface area (Å²) >= 11 is 0. The Morgan fingerprint density at radius 2 is 2.15 bits per heavy atom. The maximum atomic E-state index is 12.1. The van der Waals surface area contributed by atoms with Crippen LogP contribution < -0.4 is 0 Å². The van der Waals surface area contributed by atoms with Crippen LogP contribution in [0.5, 0.6) is 0 Å². The Labute approximate surface area is 116 Å². The second kappa shape index (κ2) is 5.46. The molecular weight excluding hydrogens is 254 g/mol. The summed E-state index contributed by atoms with van der Waals surface area (Å²) in [5.74, 6) is -0.639. The molecule has 0 saturated heterocycles. The van der Waals surface area contributed by atoms with E-state index in [0.29, 0.717) is 5.56 Å². The molecule has 0 aliphatic heterocycles. The third-order valence-electron chi connectivity index (χ3n) is 3.39. The van der Waals surface area contributed by atoms with E-state index < -0.39 is 11.4 Å². The Balaban J connectivity index is 2.65. The molecule has 0 aliphatic rings. The number of carbonyl (C=O) groups is 1. The van der Waals surface area contributed by atoms with Crippen molar-refractivity contribution in [1.29, 1.82) is 10.5 Å². The lowest BCUT2D eigenvalue weighted by Gasteiger charge is -2.22. The van der Waals surface area contributed by atoms with Gasteiger partial charge in [0.2, 0.25) is 0 Å². The molecular formula is C15H13N3O2. The van der Waals surface area contributed by atoms with E-state index in [4.69, 9.17) is 10.00 Å². The highest BCUT2D eigenvalue weighted by Crippen LogP contribution is 2.35. The normalized spacial score (nSPS) is 13.2. The number of nitrogens with one attached hydrogen (secondary N) is 1. The van der Waals surface area contributed by atoms with Crippen molar-refractivity contribution in [3.05, 3.63) is 36.0 Å². The van der Waals surface area contributed by atoms with Gasteiger partial charge in [-0.2, -0.15) is 10.5 Å². The van der Waals surface area contributed by atoms with Crippen LogP contribution in [0.3, 0.4) is 0 Å². The number of carbonyl (C=O) groups excluding carboxylic acids is 1. The highest BCUT2D eigenvalue weighted by molar-refractivity contribution is 5.95. The Kier molecular flexibility index (Phi) is 3.72. The predicted molar refractivity (Wildman–Crippen MR) is 72.5 cm³/mol. The molecule has 100 valence electrons. The standard InChI is InChI=1S/C15H13N3O2/c1-20-14(19)15(10-17,7-4-8-16)12-9-18-13-6-3-2-5-11(12)13/h2-3,5-6,9,18H,4,7H2,1H3. The third kappa shape index (κ3) is 2.00. The van der Waals surface area contributed by atoms with E-state index in [9.17, 15) is 10.1 Å². The van der Waals surface area contributed by atoms with Gasteiger partial charge in [0.25, 0.3) is 0 Å². The fourth-order valence-corrected chi connectivity index (χ4v) is 2.35. The van der Waals surface area contributed by atoms with Gasteiger partial charge in [-0.05, 0) is 12.5 Å². The van der Waals surface area contributed by atoms with Gasteiger partial charge in [0, 0.05) is 29.1 Å². The van der Waals surface area contributed by atoms with Gasteiger partial charge < -0.3 is 9.72 Å². The Morgan fingerprint density at radius 3 is 2.80 bits per heavy atom. The second-order valence-corrected chi connectivity index (χ2v) is 4.41. The first-order valence-electron chi connectivity index (χ1n) is 6.13. The van der Waals surface area contributed by atoms with E-state index in [-0.39, 0.29) is 12.8 Å². The number of methoxy groups -OCH3 is 1. The summed E-state index contributed by atoms with van der Waals surface area (Å²) in [5.41, 5.74) is -0.0648. The van der Waals surface area contributed by atoms with Gasteiger partial charge in [-0.3, -0.25) is 0 Å². The van der Waals surface area contributed by atoms with Gasteiger partial charge in [0.1, 0.15) is 0 Å². The number of aromatic nitrogens is 1. The molecule has 5 heteroatoms. The molecule has 1 heterocycles. The van der Waals surface area contributed by atoms with E-state index in [0.717, 1.165) is 10.9 Å². The van der Waals surface area contributed by atoms with E-state index in [1.54, 1.807) is 6.20 Å². The first-order chi connectivity index (χ1) is 9.69. The lowest BCUT2D eigenvalue weighted by molar-refractivity contribution is -0.145. The van der Waals surface area contributed by atoms with Crippen LogP contribution >= 0.6 is 0 Å². The van der Waals surface area contributed by atoms with Crippen molar-refractivity contribution in [3.63, 3.8) is 0 Å². The van der Waals surface area contributed by atoms with Crippen LogP contribution in [0.2, 0.25) is 0 Å². The number of para-hydroxylation sites is 1. The van der Waals surface area contributed by atoms with Crippen molar-refractivity contribution in [2.24, 2.45) is 0 Å². The van der Waals surface area contributed by atoms with Gasteiger partial charge in [0.15, 0.2) is 5.41 Å². The van der Waals surface area contributed by atoms with Gasteiger partial charge in [-0.25, -0.2) is 4.79 Å². The van der Waals surface area contributed by atoms with Gasteiger partial charge in [-0.15, -0.1) is 0 Å². The van der Waals surface area contributed by atoms with Crippen molar-refractivity contribution in [2.45, 2.75) is 18.3 Å². The Bertz CT molecular complexity index is 721. The highest BCUT2D eigenvalue weighted by Gasteiger charge is 2.43. The molecule has 0 fully saturated rings. The first-order valence-corrected chi connectivity index (χ1v) is 6.13. The van der Waals surface area contributed by atoms with Gasteiger partial charge >= 0.3 is 5.97 Å². The SMILES string of the molecule is COC(=O)C(C#N)(CCC#N)c1c[nH]c2ccccc12. The number of rotatable bonds is 4. The van der Waals surface area contributed by atoms with Crippen molar-refractivity contribution in [1.82, 2.24) is 4.98 Å². The molecule has 0 aliphatic carbocycles. The molecule has 20 heavy (non-hydrogen) atoms. The third-order valence-corrected chi connectivity index (χ3v) is 3.39. The van der Waals surface area contributed by atoms with Gasteiger partial charge in [0.05, 0.1) is 19.2 Å². The quantitative estimate of drug-likeness (QED) is 0.861. The zero-order valence-corrected chi connectivity index (χ0v) is 11.0. The van der Waals surface area contributed by atoms with Crippen molar-refractivity contribution in [2.75, 3.05) is 7.11 Å². The molecule has 1 N–H and O–H groups in total. The summed E-state index contributed by atoms with van der Waals surface area (Å²) in [6, 6.07) is 11.4. The number of fused-ring (bicyclic) bond motifs is 1. The maximum absolute atomic E-state index is 12.1. The molecule has 1 aromatic heterocycles. The van der Waals surface area contributed by atoms with Crippen LogP contribution in [0, 0.1) is 22.7 Å². The number of hydrogen-bond acceptors (Lipinski definition) is 4. The molecule has 1 atom stereocenters. The fourth-order valence-electron chi connectivity index (χ4n) is 2.35. The molecule has 0 amide bonds. The molecule has 0 spiro atoms.